The third-order valence-corrected chi connectivity index (χ3v) is 2.76. The van der Waals surface area contributed by atoms with Gasteiger partial charge in [0.05, 0.1) is 18.2 Å². The summed E-state index contributed by atoms with van der Waals surface area (Å²) in [5, 5.41) is 25.0. The van der Waals surface area contributed by atoms with E-state index in [4.69, 9.17) is 10.4 Å². The van der Waals surface area contributed by atoms with E-state index in [0.29, 0.717) is 6.42 Å². The van der Waals surface area contributed by atoms with Crippen molar-refractivity contribution in [2.45, 2.75) is 25.3 Å². The topological polar surface area (TPSA) is 91.8 Å². The lowest BCUT2D eigenvalue weighted by molar-refractivity contribution is -0.142. The van der Waals surface area contributed by atoms with Crippen LogP contribution in [0.25, 0.3) is 0 Å². The smallest absolute Gasteiger partial charge is 0.308 e. The number of hydrogen-bond acceptors (Lipinski definition) is 4. The molecule has 1 heterocycles. The lowest BCUT2D eigenvalue weighted by atomic mass is 10.0. The van der Waals surface area contributed by atoms with Gasteiger partial charge in [0.2, 0.25) is 0 Å². The van der Waals surface area contributed by atoms with Crippen molar-refractivity contribution in [2.75, 3.05) is 0 Å². The Morgan fingerprint density at radius 2 is 2.47 bits per heavy atom. The summed E-state index contributed by atoms with van der Waals surface area (Å²) >= 11 is 0. The van der Waals surface area contributed by atoms with Gasteiger partial charge in [-0.25, -0.2) is 4.68 Å². The SMILES string of the molecule is N#Cc1cn(C2CCCC2C(=O)O)nn1. The highest BCUT2D eigenvalue weighted by Crippen LogP contribution is 2.35. The summed E-state index contributed by atoms with van der Waals surface area (Å²) in [5.74, 6) is -1.20. The first kappa shape index (κ1) is 9.65. The van der Waals surface area contributed by atoms with Crippen LogP contribution in [0.4, 0.5) is 0 Å². The molecule has 15 heavy (non-hydrogen) atoms. The maximum atomic E-state index is 10.9. The molecular formula is C9H10N4O2. The van der Waals surface area contributed by atoms with Crippen molar-refractivity contribution in [3.8, 4) is 6.07 Å². The van der Waals surface area contributed by atoms with Crippen LogP contribution in [0.15, 0.2) is 6.20 Å². The van der Waals surface area contributed by atoms with Gasteiger partial charge in [-0.15, -0.1) is 5.10 Å². The molecule has 1 aromatic rings. The number of hydrogen-bond donors (Lipinski definition) is 1. The molecule has 0 amide bonds. The van der Waals surface area contributed by atoms with Gasteiger partial charge in [0.15, 0.2) is 5.69 Å². The van der Waals surface area contributed by atoms with Crippen LogP contribution in [-0.2, 0) is 4.79 Å². The lowest BCUT2D eigenvalue weighted by Crippen LogP contribution is -2.22. The van der Waals surface area contributed by atoms with Gasteiger partial charge < -0.3 is 5.11 Å². The van der Waals surface area contributed by atoms with Gasteiger partial charge in [-0.3, -0.25) is 4.79 Å². The molecule has 2 atom stereocenters. The number of nitrogens with zero attached hydrogens (tertiary/aromatic N) is 4. The van der Waals surface area contributed by atoms with E-state index in [9.17, 15) is 4.79 Å². The number of carboxylic acids is 1. The first-order chi connectivity index (χ1) is 7.22. The van der Waals surface area contributed by atoms with Crippen molar-refractivity contribution in [1.82, 2.24) is 15.0 Å². The van der Waals surface area contributed by atoms with Gasteiger partial charge in [0.25, 0.3) is 0 Å². The molecular weight excluding hydrogens is 196 g/mol. The summed E-state index contributed by atoms with van der Waals surface area (Å²) in [5.41, 5.74) is 0.228. The second-order valence-electron chi connectivity index (χ2n) is 3.64. The molecule has 0 radical (unpaired) electrons. The van der Waals surface area contributed by atoms with Crippen molar-refractivity contribution in [2.24, 2.45) is 5.92 Å². The molecule has 1 aliphatic carbocycles. The minimum atomic E-state index is -0.800. The average Bonchev–Trinajstić information content (AvgIpc) is 2.85. The van der Waals surface area contributed by atoms with E-state index in [1.807, 2.05) is 6.07 Å². The molecule has 0 aliphatic heterocycles. The van der Waals surface area contributed by atoms with Crippen molar-refractivity contribution < 1.29 is 9.90 Å². The van der Waals surface area contributed by atoms with Crippen molar-refractivity contribution in [3.05, 3.63) is 11.9 Å². The number of rotatable bonds is 2. The molecule has 1 fully saturated rings. The predicted molar refractivity (Wildman–Crippen MR) is 48.8 cm³/mol. The van der Waals surface area contributed by atoms with Crippen molar-refractivity contribution in [3.63, 3.8) is 0 Å². The maximum Gasteiger partial charge on any atom is 0.308 e. The van der Waals surface area contributed by atoms with Crippen LogP contribution in [0.5, 0.6) is 0 Å². The Labute approximate surface area is 86.1 Å². The summed E-state index contributed by atoms with van der Waals surface area (Å²) in [6, 6.07) is 1.72. The minimum absolute atomic E-state index is 0.155. The molecule has 0 bridgehead atoms. The molecule has 78 valence electrons. The van der Waals surface area contributed by atoms with E-state index in [-0.39, 0.29) is 11.7 Å². The van der Waals surface area contributed by atoms with E-state index in [1.165, 1.54) is 10.9 Å². The zero-order valence-corrected chi connectivity index (χ0v) is 8.00. The summed E-state index contributed by atoms with van der Waals surface area (Å²) in [6.07, 6.45) is 3.84. The average molecular weight is 206 g/mol. The molecule has 1 aromatic heterocycles. The summed E-state index contributed by atoms with van der Waals surface area (Å²) in [7, 11) is 0. The van der Waals surface area contributed by atoms with Gasteiger partial charge >= 0.3 is 5.97 Å². The third-order valence-electron chi connectivity index (χ3n) is 2.76. The highest BCUT2D eigenvalue weighted by molar-refractivity contribution is 5.71. The summed E-state index contributed by atoms with van der Waals surface area (Å²) in [6.45, 7) is 0. The van der Waals surface area contributed by atoms with Crippen LogP contribution in [0.2, 0.25) is 0 Å². The van der Waals surface area contributed by atoms with Crippen LogP contribution in [-0.4, -0.2) is 26.1 Å². The van der Waals surface area contributed by atoms with Gasteiger partial charge in [-0.05, 0) is 12.8 Å². The molecule has 6 nitrogen and oxygen atoms in total. The second-order valence-corrected chi connectivity index (χ2v) is 3.64. The van der Waals surface area contributed by atoms with Crippen LogP contribution in [0.1, 0.15) is 31.0 Å². The quantitative estimate of drug-likeness (QED) is 0.763. The zero-order chi connectivity index (χ0) is 10.8. The molecule has 0 aromatic carbocycles. The van der Waals surface area contributed by atoms with Gasteiger partial charge in [0.1, 0.15) is 6.07 Å². The third kappa shape index (κ3) is 1.68. The van der Waals surface area contributed by atoms with Crippen molar-refractivity contribution >= 4 is 5.97 Å². The van der Waals surface area contributed by atoms with Crippen LogP contribution >= 0.6 is 0 Å². The number of carbonyl (C=O) groups is 1. The largest absolute Gasteiger partial charge is 0.481 e. The Morgan fingerprint density at radius 1 is 1.67 bits per heavy atom. The summed E-state index contributed by atoms with van der Waals surface area (Å²) in [4.78, 5) is 10.9. The zero-order valence-electron chi connectivity index (χ0n) is 8.00. The van der Waals surface area contributed by atoms with E-state index >= 15 is 0 Å². The number of aromatic nitrogens is 3. The molecule has 1 aliphatic rings. The maximum absolute atomic E-state index is 10.9. The first-order valence-electron chi connectivity index (χ1n) is 4.77. The highest BCUT2D eigenvalue weighted by atomic mass is 16.4. The van der Waals surface area contributed by atoms with E-state index in [2.05, 4.69) is 10.3 Å². The van der Waals surface area contributed by atoms with Crippen LogP contribution < -0.4 is 0 Å². The van der Waals surface area contributed by atoms with E-state index in [0.717, 1.165) is 12.8 Å². The fourth-order valence-corrected chi connectivity index (χ4v) is 2.04. The molecule has 0 spiro atoms. The lowest BCUT2D eigenvalue weighted by Gasteiger charge is -2.14. The Balaban J connectivity index is 2.23. The molecule has 0 saturated heterocycles. The number of carboxylic acid groups (broad SMARTS) is 1. The Hall–Kier alpha value is -1.90. The molecule has 2 unspecified atom stereocenters. The number of nitriles is 1. The fraction of sp³-hybridized carbons (Fsp3) is 0.556. The molecule has 6 heteroatoms. The highest BCUT2D eigenvalue weighted by Gasteiger charge is 2.34. The van der Waals surface area contributed by atoms with Gasteiger partial charge in [-0.2, -0.15) is 5.26 Å². The first-order valence-corrected chi connectivity index (χ1v) is 4.77. The normalized spacial score (nSPS) is 25.0. The van der Waals surface area contributed by atoms with Gasteiger partial charge in [0, 0.05) is 0 Å². The standard InChI is InChI=1S/C9H10N4O2/c10-4-6-5-13(12-11-6)8-3-1-2-7(8)9(14)15/h5,7-8H,1-3H2,(H,14,15). The van der Waals surface area contributed by atoms with E-state index in [1.54, 1.807) is 0 Å². The van der Waals surface area contributed by atoms with Crippen molar-refractivity contribution in [1.29, 1.82) is 5.26 Å². The summed E-state index contributed by atoms with van der Waals surface area (Å²) < 4.78 is 1.50. The second kappa shape index (κ2) is 3.69. The van der Waals surface area contributed by atoms with Gasteiger partial charge in [-0.1, -0.05) is 11.6 Å². The van der Waals surface area contributed by atoms with Crippen LogP contribution in [0.3, 0.4) is 0 Å². The molecule has 1 saturated carbocycles. The molecule has 1 N–H and O–H groups in total. The van der Waals surface area contributed by atoms with Crippen LogP contribution in [0, 0.1) is 17.2 Å². The Bertz CT molecular complexity index is 420. The Kier molecular flexibility index (Phi) is 2.37. The number of aliphatic carboxylic acids is 1. The molecule has 2 rings (SSSR count). The van der Waals surface area contributed by atoms with E-state index < -0.39 is 11.9 Å². The fourth-order valence-electron chi connectivity index (χ4n) is 2.04. The monoisotopic (exact) mass is 206 g/mol. The Morgan fingerprint density at radius 3 is 3.07 bits per heavy atom. The predicted octanol–water partition coefficient (Wildman–Crippen LogP) is 0.576. The minimum Gasteiger partial charge on any atom is -0.481 e.